The summed E-state index contributed by atoms with van der Waals surface area (Å²) < 4.78 is 5.14. The van der Waals surface area contributed by atoms with Crippen molar-refractivity contribution in [1.82, 2.24) is 4.90 Å². The first-order chi connectivity index (χ1) is 8.08. The molecule has 1 aromatic heterocycles. The van der Waals surface area contributed by atoms with Gasteiger partial charge in [0.15, 0.2) is 5.96 Å². The maximum atomic E-state index is 10.8. The van der Waals surface area contributed by atoms with E-state index in [1.165, 1.54) is 6.26 Å². The Morgan fingerprint density at radius 2 is 2.06 bits per heavy atom. The van der Waals surface area contributed by atoms with Crippen LogP contribution in [-0.4, -0.2) is 29.9 Å². The van der Waals surface area contributed by atoms with Gasteiger partial charge in [0.05, 0.1) is 5.56 Å². The SMILES string of the molecule is CCN(CC)C(N)=NCc1cc(C(N)=O)co1. The summed E-state index contributed by atoms with van der Waals surface area (Å²) in [5, 5.41) is 0. The van der Waals surface area contributed by atoms with E-state index < -0.39 is 5.91 Å². The summed E-state index contributed by atoms with van der Waals surface area (Å²) in [5.41, 5.74) is 11.2. The third-order valence-corrected chi connectivity index (χ3v) is 2.42. The Morgan fingerprint density at radius 1 is 1.41 bits per heavy atom. The van der Waals surface area contributed by atoms with Crippen LogP contribution in [0.2, 0.25) is 0 Å². The Morgan fingerprint density at radius 3 is 2.53 bits per heavy atom. The first-order valence-corrected chi connectivity index (χ1v) is 5.50. The van der Waals surface area contributed by atoms with Crippen LogP contribution in [-0.2, 0) is 6.54 Å². The second-order valence-electron chi connectivity index (χ2n) is 3.51. The molecule has 1 rings (SSSR count). The van der Waals surface area contributed by atoms with Gasteiger partial charge in [0.25, 0.3) is 5.91 Å². The number of furan rings is 1. The zero-order valence-corrected chi connectivity index (χ0v) is 10.1. The van der Waals surface area contributed by atoms with Gasteiger partial charge in [0.1, 0.15) is 18.6 Å². The van der Waals surface area contributed by atoms with Crippen molar-refractivity contribution in [3.63, 3.8) is 0 Å². The van der Waals surface area contributed by atoms with Gasteiger partial charge >= 0.3 is 0 Å². The molecular formula is C11H18N4O2. The summed E-state index contributed by atoms with van der Waals surface area (Å²) in [4.78, 5) is 17.0. The fraction of sp³-hybridized carbons (Fsp3) is 0.455. The number of carbonyl (C=O) groups is 1. The number of nitrogens with zero attached hydrogens (tertiary/aromatic N) is 2. The lowest BCUT2D eigenvalue weighted by Crippen LogP contribution is -2.36. The van der Waals surface area contributed by atoms with E-state index in [0.29, 0.717) is 23.8 Å². The first-order valence-electron chi connectivity index (χ1n) is 5.50. The molecule has 0 radical (unpaired) electrons. The van der Waals surface area contributed by atoms with Crippen LogP contribution in [0.4, 0.5) is 0 Å². The summed E-state index contributed by atoms with van der Waals surface area (Å²) in [6.45, 7) is 5.91. The number of guanidine groups is 1. The molecule has 0 fully saturated rings. The standard InChI is InChI=1S/C11H18N4O2/c1-3-15(4-2)11(13)14-6-9-5-8(7-17-9)10(12)16/h5,7H,3-4,6H2,1-2H3,(H2,12,16)(H2,13,14). The smallest absolute Gasteiger partial charge is 0.251 e. The number of hydrogen-bond acceptors (Lipinski definition) is 3. The van der Waals surface area contributed by atoms with E-state index in [4.69, 9.17) is 15.9 Å². The number of nitrogens with two attached hydrogens (primary N) is 2. The molecule has 0 spiro atoms. The zero-order chi connectivity index (χ0) is 12.8. The van der Waals surface area contributed by atoms with E-state index in [1.807, 2.05) is 18.7 Å². The fourth-order valence-electron chi connectivity index (χ4n) is 1.40. The van der Waals surface area contributed by atoms with Gasteiger partial charge in [-0.15, -0.1) is 0 Å². The molecule has 0 saturated heterocycles. The predicted octanol–water partition coefficient (Wildman–Crippen LogP) is 0.535. The summed E-state index contributed by atoms with van der Waals surface area (Å²) >= 11 is 0. The molecule has 0 unspecified atom stereocenters. The quantitative estimate of drug-likeness (QED) is 0.577. The summed E-state index contributed by atoms with van der Waals surface area (Å²) in [6, 6.07) is 1.57. The summed E-state index contributed by atoms with van der Waals surface area (Å²) in [6.07, 6.45) is 1.32. The lowest BCUT2D eigenvalue weighted by molar-refractivity contribution is 0.0999. The van der Waals surface area contributed by atoms with Gasteiger partial charge in [-0.2, -0.15) is 0 Å². The average molecular weight is 238 g/mol. The number of hydrogen-bond donors (Lipinski definition) is 2. The molecule has 0 aliphatic carbocycles. The van der Waals surface area contributed by atoms with Crippen molar-refractivity contribution < 1.29 is 9.21 Å². The van der Waals surface area contributed by atoms with Crippen LogP contribution in [0, 0.1) is 0 Å². The van der Waals surface area contributed by atoms with Crippen molar-refractivity contribution in [2.45, 2.75) is 20.4 Å². The monoisotopic (exact) mass is 238 g/mol. The number of carbonyl (C=O) groups excluding carboxylic acids is 1. The van der Waals surface area contributed by atoms with Crippen LogP contribution in [0.3, 0.4) is 0 Å². The molecule has 0 atom stereocenters. The van der Waals surface area contributed by atoms with E-state index in [0.717, 1.165) is 13.1 Å². The van der Waals surface area contributed by atoms with E-state index in [2.05, 4.69) is 4.99 Å². The molecule has 6 nitrogen and oxygen atoms in total. The Labute approximate surface area is 100 Å². The second-order valence-corrected chi connectivity index (χ2v) is 3.51. The van der Waals surface area contributed by atoms with Crippen molar-refractivity contribution >= 4 is 11.9 Å². The van der Waals surface area contributed by atoms with Crippen molar-refractivity contribution in [3.05, 3.63) is 23.7 Å². The van der Waals surface area contributed by atoms with E-state index in [1.54, 1.807) is 6.07 Å². The highest BCUT2D eigenvalue weighted by Gasteiger charge is 2.07. The van der Waals surface area contributed by atoms with Gasteiger partial charge in [-0.3, -0.25) is 4.79 Å². The topological polar surface area (TPSA) is 97.9 Å². The van der Waals surface area contributed by atoms with Crippen LogP contribution < -0.4 is 11.5 Å². The van der Waals surface area contributed by atoms with Crippen LogP contribution >= 0.6 is 0 Å². The molecule has 0 aliphatic heterocycles. The van der Waals surface area contributed by atoms with Gasteiger partial charge in [-0.25, -0.2) is 4.99 Å². The number of rotatable bonds is 5. The minimum Gasteiger partial charge on any atom is -0.467 e. The van der Waals surface area contributed by atoms with Crippen molar-refractivity contribution in [3.8, 4) is 0 Å². The molecule has 1 amide bonds. The molecule has 1 aromatic rings. The lowest BCUT2D eigenvalue weighted by atomic mass is 10.3. The largest absolute Gasteiger partial charge is 0.467 e. The van der Waals surface area contributed by atoms with E-state index in [9.17, 15) is 4.79 Å². The average Bonchev–Trinajstić information content (AvgIpc) is 2.76. The van der Waals surface area contributed by atoms with Crippen molar-refractivity contribution in [2.24, 2.45) is 16.5 Å². The van der Waals surface area contributed by atoms with Crippen molar-refractivity contribution in [1.29, 1.82) is 0 Å². The molecule has 1 heterocycles. The predicted molar refractivity (Wildman–Crippen MR) is 65.5 cm³/mol. The summed E-state index contributed by atoms with van der Waals surface area (Å²) in [7, 11) is 0. The minimum atomic E-state index is -0.513. The molecular weight excluding hydrogens is 220 g/mol. The number of aliphatic imine (C=N–C) groups is 1. The lowest BCUT2D eigenvalue weighted by Gasteiger charge is -2.18. The van der Waals surface area contributed by atoms with Gasteiger partial charge in [0, 0.05) is 13.1 Å². The molecule has 0 bridgehead atoms. The first kappa shape index (κ1) is 13.1. The molecule has 0 aromatic carbocycles. The maximum absolute atomic E-state index is 10.8. The Hall–Kier alpha value is -1.98. The third-order valence-electron chi connectivity index (χ3n) is 2.42. The molecule has 17 heavy (non-hydrogen) atoms. The van der Waals surface area contributed by atoms with Crippen LogP contribution in [0.25, 0.3) is 0 Å². The molecule has 0 aliphatic rings. The molecule has 4 N–H and O–H groups in total. The second kappa shape index (κ2) is 5.93. The molecule has 6 heteroatoms. The Balaban J connectivity index is 2.65. The van der Waals surface area contributed by atoms with Gasteiger partial charge in [0.2, 0.25) is 0 Å². The van der Waals surface area contributed by atoms with E-state index in [-0.39, 0.29) is 0 Å². The van der Waals surface area contributed by atoms with Crippen LogP contribution in [0.5, 0.6) is 0 Å². The third kappa shape index (κ3) is 3.51. The maximum Gasteiger partial charge on any atom is 0.251 e. The highest BCUT2D eigenvalue weighted by Crippen LogP contribution is 2.08. The van der Waals surface area contributed by atoms with Gasteiger partial charge in [-0.05, 0) is 19.9 Å². The zero-order valence-electron chi connectivity index (χ0n) is 10.1. The number of amides is 1. The van der Waals surface area contributed by atoms with Crippen LogP contribution in [0.15, 0.2) is 21.7 Å². The van der Waals surface area contributed by atoms with Gasteiger partial charge < -0.3 is 20.8 Å². The van der Waals surface area contributed by atoms with E-state index >= 15 is 0 Å². The Bertz CT molecular complexity index is 407. The molecule has 0 saturated carbocycles. The highest BCUT2D eigenvalue weighted by atomic mass is 16.3. The van der Waals surface area contributed by atoms with Crippen molar-refractivity contribution in [2.75, 3.05) is 13.1 Å². The summed E-state index contributed by atoms with van der Waals surface area (Å²) in [5.74, 6) is 0.515. The highest BCUT2D eigenvalue weighted by molar-refractivity contribution is 5.92. The number of primary amides is 1. The fourth-order valence-corrected chi connectivity index (χ4v) is 1.40. The van der Waals surface area contributed by atoms with Gasteiger partial charge in [-0.1, -0.05) is 0 Å². The Kier molecular flexibility index (Phi) is 4.56. The normalized spacial score (nSPS) is 11.5. The minimum absolute atomic E-state index is 0.301. The molecule has 94 valence electrons. The van der Waals surface area contributed by atoms with Crippen LogP contribution in [0.1, 0.15) is 30.0 Å².